The van der Waals surface area contributed by atoms with Gasteiger partial charge in [0.2, 0.25) is 0 Å². The number of rotatable bonds is 6. The van der Waals surface area contributed by atoms with Crippen molar-refractivity contribution in [3.8, 4) is 12.0 Å². The van der Waals surface area contributed by atoms with Crippen molar-refractivity contribution in [2.75, 3.05) is 14.2 Å². The second-order valence-corrected chi connectivity index (χ2v) is 6.79. The number of aliphatic hydroxyl groups is 1. The number of hydrogen-bond donors (Lipinski definition) is 3. The maximum absolute atomic E-state index is 12.5. The number of hydrogen-bond acceptors (Lipinski definition) is 8. The van der Waals surface area contributed by atoms with Crippen LogP contribution in [0.3, 0.4) is 0 Å². The Balaban J connectivity index is 1.63. The van der Waals surface area contributed by atoms with Crippen LogP contribution in [-0.4, -0.2) is 59.4 Å². The van der Waals surface area contributed by atoms with Gasteiger partial charge in [-0.25, -0.2) is 9.79 Å². The Kier molecular flexibility index (Phi) is 7.25. The molecule has 0 saturated carbocycles. The summed E-state index contributed by atoms with van der Waals surface area (Å²) in [4.78, 5) is 44.2. The third kappa shape index (κ3) is 5.33. The van der Waals surface area contributed by atoms with E-state index in [4.69, 9.17) is 0 Å². The normalized spacial score (nSPS) is 15.1. The van der Waals surface area contributed by atoms with Gasteiger partial charge in [-0.3, -0.25) is 14.5 Å². The molecule has 166 valence electrons. The Morgan fingerprint density at radius 3 is 2.66 bits per heavy atom. The predicted octanol–water partition coefficient (Wildman–Crippen LogP) is 1.21. The van der Waals surface area contributed by atoms with E-state index < -0.39 is 30.1 Å². The Morgan fingerprint density at radius 1 is 1.22 bits per heavy atom. The average Bonchev–Trinajstić information content (AvgIpc) is 3.30. The third-order valence-corrected chi connectivity index (χ3v) is 4.74. The molecule has 0 bridgehead atoms. The number of nitrogens with zero attached hydrogens (tertiary/aromatic N) is 2. The highest BCUT2D eigenvalue weighted by atomic mass is 16.5. The maximum atomic E-state index is 12.5. The van der Waals surface area contributed by atoms with E-state index in [1.54, 1.807) is 36.5 Å². The zero-order chi connectivity index (χ0) is 23.1. The van der Waals surface area contributed by atoms with E-state index in [0.717, 1.165) is 0 Å². The number of aromatic amines is 1. The number of H-pyrrole nitrogens is 1. The summed E-state index contributed by atoms with van der Waals surface area (Å²) in [6, 6.07) is 9.95. The number of aromatic nitrogens is 1. The van der Waals surface area contributed by atoms with Gasteiger partial charge in [0.1, 0.15) is 18.2 Å². The molecule has 10 heteroatoms. The molecule has 1 amide bonds. The second kappa shape index (κ2) is 10.3. The van der Waals surface area contributed by atoms with Crippen LogP contribution in [0.2, 0.25) is 0 Å². The van der Waals surface area contributed by atoms with Crippen LogP contribution < -0.4 is 5.32 Å². The largest absolute Gasteiger partial charge is 0.469 e. The molecule has 0 saturated heterocycles. The first-order valence-corrected chi connectivity index (χ1v) is 9.68. The minimum Gasteiger partial charge on any atom is -0.469 e. The Labute approximate surface area is 184 Å². The van der Waals surface area contributed by atoms with Gasteiger partial charge in [0.25, 0.3) is 5.91 Å². The summed E-state index contributed by atoms with van der Waals surface area (Å²) in [7, 11) is 2.45. The molecular formula is C22H22N4O6. The Bertz CT molecular complexity index is 1080. The molecule has 3 N–H and O–H groups in total. The molecule has 0 radical (unpaired) electrons. The van der Waals surface area contributed by atoms with Crippen LogP contribution in [0.4, 0.5) is 5.82 Å². The van der Waals surface area contributed by atoms with Crippen molar-refractivity contribution in [3.05, 3.63) is 53.2 Å². The number of aliphatic imine (C=N–C) groups is 1. The van der Waals surface area contributed by atoms with Crippen molar-refractivity contribution < 1.29 is 29.0 Å². The van der Waals surface area contributed by atoms with E-state index in [1.165, 1.54) is 25.5 Å². The fourth-order valence-electron chi connectivity index (χ4n) is 2.95. The molecule has 0 spiro atoms. The summed E-state index contributed by atoms with van der Waals surface area (Å²) in [6.07, 6.45) is 2.19. The molecule has 0 aliphatic carbocycles. The molecule has 10 nitrogen and oxygen atoms in total. The van der Waals surface area contributed by atoms with E-state index in [1.807, 2.05) is 0 Å². The zero-order valence-electron chi connectivity index (χ0n) is 17.5. The van der Waals surface area contributed by atoms with Gasteiger partial charge in [0.05, 0.1) is 14.2 Å². The first kappa shape index (κ1) is 22.6. The van der Waals surface area contributed by atoms with Crippen LogP contribution >= 0.6 is 0 Å². The Morgan fingerprint density at radius 2 is 1.97 bits per heavy atom. The summed E-state index contributed by atoms with van der Waals surface area (Å²) in [5.41, 5.74) is 1.54. The summed E-state index contributed by atoms with van der Waals surface area (Å²) in [5, 5.41) is 12.9. The summed E-state index contributed by atoms with van der Waals surface area (Å²) < 4.78 is 9.25. The maximum Gasteiger partial charge on any atom is 0.328 e. The minimum absolute atomic E-state index is 0.0407. The molecule has 1 aliphatic heterocycles. The van der Waals surface area contributed by atoms with Gasteiger partial charge in [-0.15, -0.1) is 0 Å². The van der Waals surface area contributed by atoms with Gasteiger partial charge < -0.3 is 24.9 Å². The number of carbonyl (C=O) groups is 3. The van der Waals surface area contributed by atoms with Gasteiger partial charge in [-0.2, -0.15) is 0 Å². The number of benzene rings is 1. The number of methoxy groups -OCH3 is 2. The van der Waals surface area contributed by atoms with Crippen LogP contribution in [0.1, 0.15) is 40.6 Å². The van der Waals surface area contributed by atoms with Crippen molar-refractivity contribution in [2.24, 2.45) is 4.99 Å². The third-order valence-electron chi connectivity index (χ3n) is 4.74. The minimum atomic E-state index is -0.982. The lowest BCUT2D eigenvalue weighted by molar-refractivity contribution is -0.144. The summed E-state index contributed by atoms with van der Waals surface area (Å²) in [6.45, 7) is 0. The monoisotopic (exact) mass is 438 g/mol. The number of fused-ring (bicyclic) bond motifs is 1. The van der Waals surface area contributed by atoms with Crippen molar-refractivity contribution >= 4 is 30.0 Å². The van der Waals surface area contributed by atoms with E-state index >= 15 is 0 Å². The SMILES string of the molecule is COC(=O)CC[C@@H](NC(=O)c1ccc(C#CN2C=Nc3[nH]ccc3C2O)cc1)C(=O)OC. The number of nitrogens with one attached hydrogen (secondary N) is 2. The number of aliphatic hydroxyl groups excluding tert-OH is 1. The van der Waals surface area contributed by atoms with Crippen LogP contribution in [0.25, 0.3) is 0 Å². The molecule has 0 fully saturated rings. The number of amides is 1. The highest BCUT2D eigenvalue weighted by molar-refractivity contribution is 5.97. The lowest BCUT2D eigenvalue weighted by atomic mass is 10.1. The Hall–Kier alpha value is -4.10. The number of carbonyl (C=O) groups excluding carboxylic acids is 3. The number of esters is 2. The molecule has 1 aliphatic rings. The zero-order valence-corrected chi connectivity index (χ0v) is 17.5. The number of ether oxygens (including phenoxy) is 2. The standard InChI is InChI=1S/C22H22N4O6/c1-31-18(27)8-7-17(22(30)32-2)25-20(28)15-5-3-14(4-6-15)10-12-26-13-24-19-16(21(26)29)9-11-23-19/h3-6,9,11,13,17,21,23,29H,7-8H2,1-2H3,(H,25,28)/t17-,21?/m1/s1. The highest BCUT2D eigenvalue weighted by Gasteiger charge is 2.24. The van der Waals surface area contributed by atoms with Crippen LogP contribution in [0.5, 0.6) is 0 Å². The first-order valence-electron chi connectivity index (χ1n) is 9.68. The first-order chi connectivity index (χ1) is 15.4. The van der Waals surface area contributed by atoms with Gasteiger partial charge in [-0.05, 0) is 42.7 Å². The fourth-order valence-corrected chi connectivity index (χ4v) is 2.95. The van der Waals surface area contributed by atoms with E-state index in [9.17, 15) is 19.5 Å². The molecule has 1 aromatic carbocycles. The van der Waals surface area contributed by atoms with Crippen molar-refractivity contribution in [3.63, 3.8) is 0 Å². The topological polar surface area (TPSA) is 133 Å². The van der Waals surface area contributed by atoms with Gasteiger partial charge >= 0.3 is 11.9 Å². The van der Waals surface area contributed by atoms with Gasteiger partial charge in [0, 0.05) is 35.4 Å². The van der Waals surface area contributed by atoms with Crippen molar-refractivity contribution in [1.82, 2.24) is 15.2 Å². The van der Waals surface area contributed by atoms with Crippen LogP contribution in [0.15, 0.2) is 41.5 Å². The van der Waals surface area contributed by atoms with E-state index in [0.29, 0.717) is 22.5 Å². The summed E-state index contributed by atoms with van der Waals surface area (Å²) in [5.74, 6) is 1.84. The van der Waals surface area contributed by atoms with Gasteiger partial charge in [-0.1, -0.05) is 0 Å². The van der Waals surface area contributed by atoms with Crippen molar-refractivity contribution in [2.45, 2.75) is 25.1 Å². The smallest absolute Gasteiger partial charge is 0.328 e. The van der Waals surface area contributed by atoms with Crippen LogP contribution in [0, 0.1) is 12.0 Å². The molecule has 32 heavy (non-hydrogen) atoms. The molecule has 2 heterocycles. The fraction of sp³-hybridized carbons (Fsp3) is 0.273. The molecule has 3 rings (SSSR count). The molecule has 1 unspecified atom stereocenters. The average molecular weight is 438 g/mol. The molecule has 2 atom stereocenters. The van der Waals surface area contributed by atoms with Gasteiger partial charge in [0.15, 0.2) is 6.23 Å². The second-order valence-electron chi connectivity index (χ2n) is 6.79. The lowest BCUT2D eigenvalue weighted by Gasteiger charge is -2.22. The van der Waals surface area contributed by atoms with E-state index in [2.05, 4.69) is 36.7 Å². The predicted molar refractivity (Wildman–Crippen MR) is 114 cm³/mol. The van der Waals surface area contributed by atoms with Crippen LogP contribution in [-0.2, 0) is 19.1 Å². The molecular weight excluding hydrogens is 416 g/mol. The highest BCUT2D eigenvalue weighted by Crippen LogP contribution is 2.29. The van der Waals surface area contributed by atoms with Crippen molar-refractivity contribution in [1.29, 1.82) is 0 Å². The summed E-state index contributed by atoms with van der Waals surface area (Å²) >= 11 is 0. The van der Waals surface area contributed by atoms with E-state index in [-0.39, 0.29) is 12.8 Å². The molecule has 1 aromatic heterocycles. The lowest BCUT2D eigenvalue weighted by Crippen LogP contribution is -2.41. The molecule has 2 aromatic rings. The quantitative estimate of drug-likeness (QED) is 0.456.